The predicted molar refractivity (Wildman–Crippen MR) is 64.3 cm³/mol. The second-order valence-electron chi connectivity index (χ2n) is 3.14. The van der Waals surface area contributed by atoms with Crippen LogP contribution < -0.4 is 5.32 Å². The number of aromatic nitrogens is 1. The van der Waals surface area contributed by atoms with Crippen molar-refractivity contribution < 1.29 is 0 Å². The molecule has 0 aliphatic carbocycles. The fourth-order valence-corrected chi connectivity index (χ4v) is 1.55. The van der Waals surface area contributed by atoms with Crippen molar-refractivity contribution in [1.82, 2.24) is 4.98 Å². The van der Waals surface area contributed by atoms with Gasteiger partial charge in [-0.3, -0.25) is 4.98 Å². The van der Waals surface area contributed by atoms with Crippen molar-refractivity contribution >= 4 is 24.0 Å². The zero-order valence-corrected chi connectivity index (χ0v) is 9.16. The number of nitrogens with zero attached hydrogens (tertiary/aromatic N) is 2. The second-order valence-corrected chi connectivity index (χ2v) is 3.53. The molecule has 2 rings (SSSR count). The van der Waals surface area contributed by atoms with Gasteiger partial charge in [-0.25, -0.2) is 0 Å². The third-order valence-corrected chi connectivity index (χ3v) is 2.39. The summed E-state index contributed by atoms with van der Waals surface area (Å²) in [6, 6.07) is 13.4. The third kappa shape index (κ3) is 2.10. The minimum absolute atomic E-state index is 0.323. The highest BCUT2D eigenvalue weighted by Gasteiger charge is 2.01. The maximum Gasteiger partial charge on any atom is 0.101 e. The number of pyridine rings is 1. The quantitative estimate of drug-likeness (QED) is 0.800. The molecule has 16 heavy (non-hydrogen) atoms. The van der Waals surface area contributed by atoms with E-state index in [0.29, 0.717) is 16.3 Å². The summed E-state index contributed by atoms with van der Waals surface area (Å²) in [4.78, 5) is 3.90. The molecule has 4 heteroatoms. The van der Waals surface area contributed by atoms with Crippen molar-refractivity contribution in [3.8, 4) is 6.07 Å². The fourth-order valence-electron chi connectivity index (χ4n) is 1.33. The minimum atomic E-state index is 0.323. The van der Waals surface area contributed by atoms with Crippen molar-refractivity contribution in [2.75, 3.05) is 5.32 Å². The SMILES string of the molecule is N#Cc1c(Nc2ccccc2)ccnc1[S-]. The lowest BCUT2D eigenvalue weighted by atomic mass is 10.2. The van der Waals surface area contributed by atoms with Crippen LogP contribution in [-0.2, 0) is 12.6 Å². The number of benzene rings is 1. The van der Waals surface area contributed by atoms with Crippen molar-refractivity contribution in [2.45, 2.75) is 5.03 Å². The number of nitrogens with one attached hydrogen (secondary N) is 1. The zero-order chi connectivity index (χ0) is 11.4. The number of hydrogen-bond acceptors (Lipinski definition) is 4. The van der Waals surface area contributed by atoms with Crippen LogP contribution in [0.4, 0.5) is 11.4 Å². The van der Waals surface area contributed by atoms with Gasteiger partial charge in [-0.1, -0.05) is 23.2 Å². The molecule has 1 N–H and O–H groups in total. The number of rotatable bonds is 2. The molecule has 0 spiro atoms. The fraction of sp³-hybridized carbons (Fsp3) is 0. The lowest BCUT2D eigenvalue weighted by Gasteiger charge is -2.13. The first-order valence-electron chi connectivity index (χ1n) is 4.69. The van der Waals surface area contributed by atoms with Gasteiger partial charge in [-0.05, 0) is 18.2 Å². The topological polar surface area (TPSA) is 48.7 Å². The number of anilines is 2. The van der Waals surface area contributed by atoms with Gasteiger partial charge in [0.25, 0.3) is 0 Å². The maximum absolute atomic E-state index is 8.98. The normalized spacial score (nSPS) is 9.44. The van der Waals surface area contributed by atoms with E-state index >= 15 is 0 Å². The molecule has 0 amide bonds. The lowest BCUT2D eigenvalue weighted by Crippen LogP contribution is -1.96. The molecular formula is C12H8N3S-. The Morgan fingerprint density at radius 2 is 1.94 bits per heavy atom. The van der Waals surface area contributed by atoms with Crippen LogP contribution in [0.15, 0.2) is 47.6 Å². The number of nitriles is 1. The molecule has 0 atom stereocenters. The summed E-state index contributed by atoms with van der Waals surface area (Å²) in [7, 11) is 0. The van der Waals surface area contributed by atoms with Gasteiger partial charge in [0, 0.05) is 11.9 Å². The second kappa shape index (κ2) is 4.60. The molecule has 1 aromatic heterocycles. The molecule has 2 aromatic rings. The smallest absolute Gasteiger partial charge is 0.101 e. The Morgan fingerprint density at radius 3 is 2.62 bits per heavy atom. The van der Waals surface area contributed by atoms with E-state index < -0.39 is 0 Å². The summed E-state index contributed by atoms with van der Waals surface area (Å²) in [6.07, 6.45) is 1.59. The molecule has 0 aliphatic heterocycles. The maximum atomic E-state index is 8.98. The monoisotopic (exact) mass is 226 g/mol. The Hall–Kier alpha value is -2.12. The van der Waals surface area contributed by atoms with Crippen LogP contribution in [0.25, 0.3) is 0 Å². The van der Waals surface area contributed by atoms with E-state index in [0.717, 1.165) is 5.69 Å². The van der Waals surface area contributed by atoms with Crippen LogP contribution in [0, 0.1) is 11.3 Å². The lowest BCUT2D eigenvalue weighted by molar-refractivity contribution is 1.12. The molecule has 0 saturated heterocycles. The molecular weight excluding hydrogens is 218 g/mol. The molecule has 0 unspecified atom stereocenters. The minimum Gasteiger partial charge on any atom is -0.759 e. The van der Waals surface area contributed by atoms with Crippen LogP contribution in [0.3, 0.4) is 0 Å². The molecule has 0 saturated carbocycles. The molecule has 0 fully saturated rings. The van der Waals surface area contributed by atoms with Crippen LogP contribution in [0.2, 0.25) is 0 Å². The zero-order valence-electron chi connectivity index (χ0n) is 8.34. The first-order chi connectivity index (χ1) is 7.81. The van der Waals surface area contributed by atoms with Crippen molar-refractivity contribution in [2.24, 2.45) is 0 Å². The summed E-state index contributed by atoms with van der Waals surface area (Å²) in [5.41, 5.74) is 2.01. The summed E-state index contributed by atoms with van der Waals surface area (Å²) < 4.78 is 0. The highest BCUT2D eigenvalue weighted by atomic mass is 32.1. The van der Waals surface area contributed by atoms with Gasteiger partial charge in [-0.15, -0.1) is 0 Å². The summed E-state index contributed by atoms with van der Waals surface area (Å²) in [5, 5.41) is 12.4. The Balaban J connectivity index is 2.36. The van der Waals surface area contributed by atoms with Crippen LogP contribution in [0.1, 0.15) is 5.56 Å². The van der Waals surface area contributed by atoms with Gasteiger partial charge in [0.1, 0.15) is 6.07 Å². The third-order valence-electron chi connectivity index (χ3n) is 2.08. The Kier molecular flexibility index (Phi) is 2.99. The highest BCUT2D eigenvalue weighted by Crippen LogP contribution is 2.21. The van der Waals surface area contributed by atoms with Crippen molar-refractivity contribution in [3.63, 3.8) is 0 Å². The largest absolute Gasteiger partial charge is 0.759 e. The average Bonchev–Trinajstić information content (AvgIpc) is 2.31. The van der Waals surface area contributed by atoms with E-state index in [4.69, 9.17) is 17.9 Å². The van der Waals surface area contributed by atoms with Gasteiger partial charge in [0.05, 0.1) is 11.3 Å². The molecule has 0 bridgehead atoms. The number of para-hydroxylation sites is 1. The Bertz CT molecular complexity index is 532. The van der Waals surface area contributed by atoms with E-state index in [1.165, 1.54) is 0 Å². The van der Waals surface area contributed by atoms with Gasteiger partial charge in [0.2, 0.25) is 0 Å². The van der Waals surface area contributed by atoms with E-state index in [9.17, 15) is 0 Å². The Labute approximate surface area is 99.2 Å². The predicted octanol–water partition coefficient (Wildman–Crippen LogP) is 2.60. The first kappa shape index (κ1) is 10.4. The molecule has 0 aliphatic rings. The van der Waals surface area contributed by atoms with Gasteiger partial charge < -0.3 is 17.9 Å². The van der Waals surface area contributed by atoms with E-state index in [1.54, 1.807) is 12.3 Å². The standard InChI is InChI=1S/C12H9N3S/c13-8-10-11(6-7-14-12(10)16)15-9-4-2-1-3-5-9/h1-7H,(H2,14,15,16)/p-1. The first-order valence-corrected chi connectivity index (χ1v) is 5.10. The molecule has 1 aromatic carbocycles. The molecule has 78 valence electrons. The summed E-state index contributed by atoms with van der Waals surface area (Å²) in [6.45, 7) is 0. The van der Waals surface area contributed by atoms with Crippen LogP contribution >= 0.6 is 0 Å². The number of hydrogen-bond donors (Lipinski definition) is 1. The molecule has 0 radical (unpaired) electrons. The summed E-state index contributed by atoms with van der Waals surface area (Å²) >= 11 is 4.98. The van der Waals surface area contributed by atoms with Crippen LogP contribution in [0.5, 0.6) is 0 Å². The summed E-state index contributed by atoms with van der Waals surface area (Å²) in [5.74, 6) is 0. The van der Waals surface area contributed by atoms with Gasteiger partial charge >= 0.3 is 0 Å². The van der Waals surface area contributed by atoms with Gasteiger partial charge in [-0.2, -0.15) is 5.26 Å². The molecule has 3 nitrogen and oxygen atoms in total. The van der Waals surface area contributed by atoms with Crippen molar-refractivity contribution in [1.29, 1.82) is 5.26 Å². The van der Waals surface area contributed by atoms with Crippen LogP contribution in [-0.4, -0.2) is 4.98 Å². The van der Waals surface area contributed by atoms with E-state index in [-0.39, 0.29) is 0 Å². The van der Waals surface area contributed by atoms with E-state index in [2.05, 4.69) is 16.4 Å². The van der Waals surface area contributed by atoms with Gasteiger partial charge in [0.15, 0.2) is 0 Å². The van der Waals surface area contributed by atoms with E-state index in [1.807, 2.05) is 30.3 Å². The van der Waals surface area contributed by atoms with Crippen molar-refractivity contribution in [3.05, 3.63) is 48.2 Å². The molecule has 1 heterocycles. The Morgan fingerprint density at radius 1 is 1.19 bits per heavy atom. The highest BCUT2D eigenvalue weighted by molar-refractivity contribution is 7.58. The average molecular weight is 226 g/mol.